The average Bonchev–Trinajstić information content (AvgIpc) is 2.89. The molecule has 3 N–H and O–H groups in total. The van der Waals surface area contributed by atoms with Crippen molar-refractivity contribution in [3.05, 3.63) is 0 Å². The predicted octanol–water partition coefficient (Wildman–Crippen LogP) is 2.54. The zero-order valence-corrected chi connectivity index (χ0v) is 15.8. The van der Waals surface area contributed by atoms with Crippen molar-refractivity contribution < 1.29 is 20.1 Å². The summed E-state index contributed by atoms with van der Waals surface area (Å²) in [5, 5.41) is 32.3. The Morgan fingerprint density at radius 2 is 1.68 bits per heavy atom. The predicted molar refractivity (Wildman–Crippen MR) is 94.7 cm³/mol. The van der Waals surface area contributed by atoms with Crippen molar-refractivity contribution >= 4 is 5.78 Å². The number of aliphatic hydroxyl groups is 3. The Kier molecular flexibility index (Phi) is 4.14. The largest absolute Gasteiger partial charge is 0.393 e. The van der Waals surface area contributed by atoms with Crippen LogP contribution in [0.25, 0.3) is 0 Å². The minimum absolute atomic E-state index is 0.0700. The number of carbonyl (C=O) groups is 1. The molecule has 4 unspecified atom stereocenters. The van der Waals surface area contributed by atoms with E-state index < -0.39 is 6.10 Å². The van der Waals surface area contributed by atoms with E-state index >= 15 is 0 Å². The smallest absolute Gasteiger partial charge is 0.133 e. The maximum absolute atomic E-state index is 12.2. The third kappa shape index (κ3) is 2.33. The van der Waals surface area contributed by atoms with Crippen LogP contribution < -0.4 is 0 Å². The lowest BCUT2D eigenvalue weighted by Gasteiger charge is -2.63. The number of fused-ring (bicyclic) bond motifs is 5. The molecular formula is C21H34O4. The van der Waals surface area contributed by atoms with Crippen molar-refractivity contribution in [3.63, 3.8) is 0 Å². The van der Waals surface area contributed by atoms with Crippen molar-refractivity contribution in [2.45, 2.75) is 84.0 Å². The average molecular weight is 350 g/mol. The maximum atomic E-state index is 12.2. The Bertz CT molecular complexity index is 562. The molecule has 0 aromatic heterocycles. The summed E-state index contributed by atoms with van der Waals surface area (Å²) >= 11 is 0. The van der Waals surface area contributed by atoms with Gasteiger partial charge in [-0.05, 0) is 81.0 Å². The van der Waals surface area contributed by atoms with Crippen LogP contribution in [0.2, 0.25) is 0 Å². The molecule has 0 aromatic carbocycles. The highest BCUT2D eigenvalue weighted by Crippen LogP contribution is 2.67. The van der Waals surface area contributed by atoms with E-state index in [9.17, 15) is 20.1 Å². The second kappa shape index (κ2) is 5.77. The number of carbonyl (C=O) groups excluding carboxylic acids is 1. The second-order valence-electron chi connectivity index (χ2n) is 10.1. The maximum Gasteiger partial charge on any atom is 0.133 e. The van der Waals surface area contributed by atoms with Gasteiger partial charge in [0.05, 0.1) is 18.3 Å². The Labute approximate surface area is 151 Å². The summed E-state index contributed by atoms with van der Waals surface area (Å²) in [5.41, 5.74) is -0.287. The van der Waals surface area contributed by atoms with Crippen LogP contribution in [0, 0.1) is 40.4 Å². The zero-order chi connectivity index (χ0) is 18.1. The molecule has 4 rings (SSSR count). The highest BCUT2D eigenvalue weighted by Gasteiger charge is 2.65. The van der Waals surface area contributed by atoms with E-state index in [1.165, 1.54) is 0 Å². The van der Waals surface area contributed by atoms with Crippen LogP contribution in [0.15, 0.2) is 0 Å². The fourth-order valence-electron chi connectivity index (χ4n) is 7.83. The molecule has 0 radical (unpaired) electrons. The lowest BCUT2D eigenvalue weighted by atomic mass is 9.43. The first-order valence-corrected chi connectivity index (χ1v) is 10.2. The van der Waals surface area contributed by atoms with Crippen molar-refractivity contribution in [1.82, 2.24) is 0 Å². The highest BCUT2D eigenvalue weighted by atomic mass is 16.3. The van der Waals surface area contributed by atoms with E-state index in [2.05, 4.69) is 13.8 Å². The second-order valence-corrected chi connectivity index (χ2v) is 10.1. The zero-order valence-electron chi connectivity index (χ0n) is 15.8. The van der Waals surface area contributed by atoms with E-state index in [1.807, 2.05) is 0 Å². The number of hydrogen-bond donors (Lipinski definition) is 3. The van der Waals surface area contributed by atoms with Gasteiger partial charge in [-0.1, -0.05) is 13.8 Å². The summed E-state index contributed by atoms with van der Waals surface area (Å²) in [6.07, 6.45) is 4.78. The minimum atomic E-state index is -0.468. The molecule has 10 atom stereocenters. The standard InChI is InChI=1S/C21H34O4/c1-11(22)14-4-5-15-19-16(10-18(25)21(14,15)3)20(2)7-6-13(23)8-12(20)9-17(19)24/h12-19,23-25H,4-10H2,1-3H3/t12?,13?,14-,15+,16+,17?,18?,19+,20+,21-/m1/s1. The van der Waals surface area contributed by atoms with E-state index in [-0.39, 0.29) is 46.6 Å². The van der Waals surface area contributed by atoms with Crippen LogP contribution >= 0.6 is 0 Å². The third-order valence-corrected chi connectivity index (χ3v) is 9.25. The van der Waals surface area contributed by atoms with Crippen molar-refractivity contribution in [1.29, 1.82) is 0 Å². The molecule has 0 heterocycles. The van der Waals surface area contributed by atoms with Gasteiger partial charge in [-0.15, -0.1) is 0 Å². The number of Topliss-reactive ketones (excluding diaryl/α,β-unsaturated/α-hetero) is 1. The van der Waals surface area contributed by atoms with Gasteiger partial charge in [-0.3, -0.25) is 4.79 Å². The van der Waals surface area contributed by atoms with E-state index in [4.69, 9.17) is 0 Å². The van der Waals surface area contributed by atoms with Gasteiger partial charge >= 0.3 is 0 Å². The van der Waals surface area contributed by atoms with Gasteiger partial charge in [0.1, 0.15) is 5.78 Å². The Balaban J connectivity index is 1.71. The minimum Gasteiger partial charge on any atom is -0.393 e. The molecular weight excluding hydrogens is 316 g/mol. The van der Waals surface area contributed by atoms with Crippen LogP contribution in [0.1, 0.15) is 65.7 Å². The number of rotatable bonds is 1. The van der Waals surface area contributed by atoms with Gasteiger partial charge < -0.3 is 15.3 Å². The third-order valence-electron chi connectivity index (χ3n) is 9.25. The summed E-state index contributed by atoms with van der Waals surface area (Å²) in [5.74, 6) is 1.18. The fourth-order valence-corrected chi connectivity index (χ4v) is 7.83. The first kappa shape index (κ1) is 17.9. The van der Waals surface area contributed by atoms with E-state index in [0.29, 0.717) is 18.3 Å². The van der Waals surface area contributed by atoms with Crippen LogP contribution in [-0.4, -0.2) is 39.4 Å². The molecule has 25 heavy (non-hydrogen) atoms. The molecule has 4 saturated carbocycles. The molecule has 0 saturated heterocycles. The SMILES string of the molecule is CC(=O)[C@H]1CC[C@H]2[C@@H]3C(O)CC4CC(O)CC[C@]4(C)[C@H]3CC(O)[C@]12C. The normalized spacial score (nSPS) is 58.2. The summed E-state index contributed by atoms with van der Waals surface area (Å²) < 4.78 is 0. The van der Waals surface area contributed by atoms with Gasteiger partial charge in [-0.25, -0.2) is 0 Å². The number of hydrogen-bond acceptors (Lipinski definition) is 4. The van der Waals surface area contributed by atoms with Gasteiger partial charge in [0.2, 0.25) is 0 Å². The van der Waals surface area contributed by atoms with Crippen molar-refractivity contribution in [2.24, 2.45) is 40.4 Å². The van der Waals surface area contributed by atoms with Crippen molar-refractivity contribution in [2.75, 3.05) is 0 Å². The Morgan fingerprint density at radius 1 is 0.960 bits per heavy atom. The number of ketones is 1. The molecule has 0 aromatic rings. The van der Waals surface area contributed by atoms with Crippen LogP contribution in [0.5, 0.6) is 0 Å². The number of aliphatic hydroxyl groups excluding tert-OH is 3. The lowest BCUT2D eigenvalue weighted by molar-refractivity contribution is -0.204. The highest BCUT2D eigenvalue weighted by molar-refractivity contribution is 5.79. The molecule has 0 bridgehead atoms. The molecule has 4 aliphatic carbocycles. The van der Waals surface area contributed by atoms with Gasteiger partial charge in [0.25, 0.3) is 0 Å². The molecule has 0 amide bonds. The summed E-state index contributed by atoms with van der Waals surface area (Å²) in [7, 11) is 0. The Morgan fingerprint density at radius 3 is 2.36 bits per heavy atom. The Hall–Kier alpha value is -0.450. The molecule has 0 spiro atoms. The van der Waals surface area contributed by atoms with Crippen LogP contribution in [-0.2, 0) is 4.79 Å². The van der Waals surface area contributed by atoms with E-state index in [0.717, 1.165) is 38.5 Å². The lowest BCUT2D eigenvalue weighted by Crippen LogP contribution is -2.62. The first-order chi connectivity index (χ1) is 11.7. The van der Waals surface area contributed by atoms with E-state index in [1.54, 1.807) is 6.92 Å². The topological polar surface area (TPSA) is 77.8 Å². The van der Waals surface area contributed by atoms with Gasteiger partial charge in [-0.2, -0.15) is 0 Å². The van der Waals surface area contributed by atoms with Crippen LogP contribution in [0.4, 0.5) is 0 Å². The summed E-state index contributed by atoms with van der Waals surface area (Å²) in [6, 6.07) is 0. The molecule has 0 aliphatic heterocycles. The molecule has 142 valence electrons. The van der Waals surface area contributed by atoms with Crippen molar-refractivity contribution in [3.8, 4) is 0 Å². The summed E-state index contributed by atoms with van der Waals surface area (Å²) in [4.78, 5) is 12.2. The summed E-state index contributed by atoms with van der Waals surface area (Å²) in [6.45, 7) is 6.09. The molecule has 4 fully saturated rings. The quantitative estimate of drug-likeness (QED) is 0.679. The monoisotopic (exact) mass is 350 g/mol. The van der Waals surface area contributed by atoms with Crippen LogP contribution in [0.3, 0.4) is 0 Å². The van der Waals surface area contributed by atoms with Gasteiger partial charge in [0.15, 0.2) is 0 Å². The first-order valence-electron chi connectivity index (χ1n) is 10.2. The molecule has 4 heteroatoms. The molecule has 4 aliphatic rings. The fraction of sp³-hybridized carbons (Fsp3) is 0.952. The molecule has 4 nitrogen and oxygen atoms in total. The van der Waals surface area contributed by atoms with Gasteiger partial charge in [0, 0.05) is 11.3 Å².